The highest BCUT2D eigenvalue weighted by Gasteiger charge is 2.14. The lowest BCUT2D eigenvalue weighted by Gasteiger charge is -2.21. The number of para-hydroxylation sites is 1. The summed E-state index contributed by atoms with van der Waals surface area (Å²) in [5, 5.41) is 7.16. The lowest BCUT2D eigenvalue weighted by Crippen LogP contribution is -2.40. The third kappa shape index (κ3) is 7.27. The lowest BCUT2D eigenvalue weighted by molar-refractivity contribution is 0.0683. The molecule has 0 saturated carbocycles. The maximum atomic E-state index is 5.84. The molecule has 0 amide bonds. The van der Waals surface area contributed by atoms with Crippen LogP contribution in [-0.4, -0.2) is 54.9 Å². The zero-order chi connectivity index (χ0) is 19.6. The molecule has 0 aliphatic carbocycles. The van der Waals surface area contributed by atoms with Crippen LogP contribution in [0.25, 0.3) is 0 Å². The van der Waals surface area contributed by atoms with Gasteiger partial charge in [0.15, 0.2) is 11.8 Å². The molecule has 2 aromatic rings. The van der Waals surface area contributed by atoms with E-state index in [0.29, 0.717) is 38.0 Å². The summed E-state index contributed by atoms with van der Waals surface area (Å²) in [5.41, 5.74) is 1.12. The van der Waals surface area contributed by atoms with E-state index < -0.39 is 0 Å². The van der Waals surface area contributed by atoms with Gasteiger partial charge in [0.25, 0.3) is 0 Å². The van der Waals surface area contributed by atoms with Crippen molar-refractivity contribution in [2.24, 2.45) is 4.99 Å². The number of ether oxygens (including phenoxy) is 2. The van der Waals surface area contributed by atoms with Gasteiger partial charge in [0, 0.05) is 20.7 Å². The maximum Gasteiger partial charge on any atom is 0.246 e. The van der Waals surface area contributed by atoms with Crippen molar-refractivity contribution < 1.29 is 14.0 Å². The van der Waals surface area contributed by atoms with Crippen LogP contribution in [0.4, 0.5) is 0 Å². The molecule has 1 unspecified atom stereocenters. The van der Waals surface area contributed by atoms with Crippen molar-refractivity contribution in [2.45, 2.75) is 33.4 Å². The van der Waals surface area contributed by atoms with Gasteiger partial charge in [0.1, 0.15) is 18.5 Å². The first kappa shape index (κ1) is 24.2. The van der Waals surface area contributed by atoms with Crippen molar-refractivity contribution in [1.29, 1.82) is 0 Å². The molecule has 8 nitrogen and oxygen atoms in total. The van der Waals surface area contributed by atoms with Crippen molar-refractivity contribution in [3.63, 3.8) is 0 Å². The molecule has 0 spiro atoms. The van der Waals surface area contributed by atoms with Crippen LogP contribution in [0.15, 0.2) is 33.8 Å². The van der Waals surface area contributed by atoms with Gasteiger partial charge in [-0.15, -0.1) is 24.0 Å². The van der Waals surface area contributed by atoms with Gasteiger partial charge >= 0.3 is 0 Å². The van der Waals surface area contributed by atoms with Crippen molar-refractivity contribution in [2.75, 3.05) is 33.9 Å². The Morgan fingerprint density at radius 3 is 2.79 bits per heavy atom. The Hall–Kier alpha value is -1.88. The minimum atomic E-state index is -0.187. The van der Waals surface area contributed by atoms with Gasteiger partial charge in [0.05, 0.1) is 13.1 Å². The van der Waals surface area contributed by atoms with E-state index in [-0.39, 0.29) is 30.1 Å². The van der Waals surface area contributed by atoms with E-state index in [1.807, 2.05) is 57.0 Å². The van der Waals surface area contributed by atoms with Crippen molar-refractivity contribution >= 4 is 29.9 Å². The smallest absolute Gasteiger partial charge is 0.246 e. The fourth-order valence-corrected chi connectivity index (χ4v) is 2.49. The molecule has 0 fully saturated rings. The summed E-state index contributed by atoms with van der Waals surface area (Å²) in [6, 6.07) is 7.97. The zero-order valence-corrected chi connectivity index (χ0v) is 19.5. The standard InChI is InChI=1S/C19H29N5O3.HI/c1-6-25-15(3)18-22-17(27-23-18)13-21-19(20-4)24(5)11-12-26-16-10-8-7-9-14(16)2;/h7-10,15H,6,11-13H2,1-5H3,(H,20,21);1H. The van der Waals surface area contributed by atoms with Gasteiger partial charge in [-0.2, -0.15) is 4.98 Å². The number of benzene rings is 1. The molecule has 9 heteroatoms. The molecule has 2 rings (SSSR count). The van der Waals surface area contributed by atoms with E-state index in [1.54, 1.807) is 7.05 Å². The van der Waals surface area contributed by atoms with E-state index in [2.05, 4.69) is 20.4 Å². The molecule has 1 aromatic carbocycles. The molecule has 0 aliphatic rings. The molecule has 0 saturated heterocycles. The van der Waals surface area contributed by atoms with E-state index in [9.17, 15) is 0 Å². The summed E-state index contributed by atoms with van der Waals surface area (Å²) >= 11 is 0. The highest BCUT2D eigenvalue weighted by atomic mass is 127. The third-order valence-corrected chi connectivity index (χ3v) is 4.01. The molecule has 156 valence electrons. The van der Waals surface area contributed by atoms with E-state index in [0.717, 1.165) is 17.3 Å². The Morgan fingerprint density at radius 2 is 2.11 bits per heavy atom. The fourth-order valence-electron chi connectivity index (χ4n) is 2.49. The highest BCUT2D eigenvalue weighted by molar-refractivity contribution is 14.0. The van der Waals surface area contributed by atoms with Gasteiger partial charge in [-0.1, -0.05) is 23.4 Å². The van der Waals surface area contributed by atoms with Gasteiger partial charge < -0.3 is 24.2 Å². The quantitative estimate of drug-likeness (QED) is 0.320. The van der Waals surface area contributed by atoms with Crippen LogP contribution in [0.2, 0.25) is 0 Å². The van der Waals surface area contributed by atoms with Crippen molar-refractivity contribution in [1.82, 2.24) is 20.4 Å². The molecule has 1 aromatic heterocycles. The Labute approximate surface area is 183 Å². The molecular weight excluding hydrogens is 473 g/mol. The number of halogens is 1. The first-order valence-corrected chi connectivity index (χ1v) is 9.09. The second-order valence-corrected chi connectivity index (χ2v) is 6.08. The number of nitrogens with one attached hydrogen (secondary N) is 1. The molecule has 0 radical (unpaired) electrons. The number of nitrogens with zero attached hydrogens (tertiary/aromatic N) is 4. The predicted molar refractivity (Wildman–Crippen MR) is 119 cm³/mol. The largest absolute Gasteiger partial charge is 0.491 e. The van der Waals surface area contributed by atoms with E-state index >= 15 is 0 Å². The molecular formula is C19H30IN5O3. The summed E-state index contributed by atoms with van der Waals surface area (Å²) < 4.78 is 16.6. The second-order valence-electron chi connectivity index (χ2n) is 6.08. The number of aliphatic imine (C=N–C) groups is 1. The Balaban J connectivity index is 0.00000392. The Kier molecular flexibility index (Phi) is 10.8. The molecule has 28 heavy (non-hydrogen) atoms. The van der Waals surface area contributed by atoms with Gasteiger partial charge in [-0.05, 0) is 32.4 Å². The van der Waals surface area contributed by atoms with E-state index in [4.69, 9.17) is 14.0 Å². The van der Waals surface area contributed by atoms with Crippen LogP contribution in [-0.2, 0) is 11.3 Å². The van der Waals surface area contributed by atoms with E-state index in [1.165, 1.54) is 0 Å². The average Bonchev–Trinajstić information content (AvgIpc) is 3.13. The number of aromatic nitrogens is 2. The first-order chi connectivity index (χ1) is 13.0. The fraction of sp³-hybridized carbons (Fsp3) is 0.526. The van der Waals surface area contributed by atoms with Crippen LogP contribution in [0.1, 0.15) is 37.2 Å². The lowest BCUT2D eigenvalue weighted by atomic mass is 10.2. The van der Waals surface area contributed by atoms with Crippen LogP contribution in [0.3, 0.4) is 0 Å². The topological polar surface area (TPSA) is 85.0 Å². The Bertz CT molecular complexity index is 738. The molecule has 1 N–H and O–H groups in total. The van der Waals surface area contributed by atoms with Gasteiger partial charge in [0.2, 0.25) is 5.89 Å². The average molecular weight is 503 g/mol. The number of aryl methyl sites for hydroxylation is 1. The minimum Gasteiger partial charge on any atom is -0.491 e. The zero-order valence-electron chi connectivity index (χ0n) is 17.1. The van der Waals surface area contributed by atoms with Crippen LogP contribution >= 0.6 is 24.0 Å². The monoisotopic (exact) mass is 503 g/mol. The summed E-state index contributed by atoms with van der Waals surface area (Å²) in [5.74, 6) is 2.66. The van der Waals surface area contributed by atoms with Gasteiger partial charge in [-0.3, -0.25) is 4.99 Å². The van der Waals surface area contributed by atoms with Gasteiger partial charge in [-0.25, -0.2) is 0 Å². The first-order valence-electron chi connectivity index (χ1n) is 9.09. The van der Waals surface area contributed by atoms with Crippen LogP contribution < -0.4 is 10.1 Å². The summed E-state index contributed by atoms with van der Waals surface area (Å²) in [6.45, 7) is 8.09. The number of hydrogen-bond donors (Lipinski definition) is 1. The predicted octanol–water partition coefficient (Wildman–Crippen LogP) is 3.18. The molecule has 1 atom stereocenters. The molecule has 0 aliphatic heterocycles. The highest BCUT2D eigenvalue weighted by Crippen LogP contribution is 2.16. The SMILES string of the molecule is CCOC(C)c1noc(CNC(=NC)N(C)CCOc2ccccc2C)n1.I. The van der Waals surface area contributed by atoms with Crippen molar-refractivity contribution in [3.8, 4) is 5.75 Å². The number of likely N-dealkylation sites (N-methyl/N-ethyl adjacent to an activating group) is 1. The number of hydrogen-bond acceptors (Lipinski definition) is 6. The summed E-state index contributed by atoms with van der Waals surface area (Å²) in [7, 11) is 3.68. The van der Waals surface area contributed by atoms with Crippen LogP contribution in [0, 0.1) is 6.92 Å². The third-order valence-electron chi connectivity index (χ3n) is 4.01. The van der Waals surface area contributed by atoms with Crippen LogP contribution in [0.5, 0.6) is 5.75 Å². The summed E-state index contributed by atoms with van der Waals surface area (Å²) in [6.07, 6.45) is -0.187. The maximum absolute atomic E-state index is 5.84. The normalized spacial score (nSPS) is 12.2. The van der Waals surface area contributed by atoms with Crippen molar-refractivity contribution in [3.05, 3.63) is 41.5 Å². The molecule has 1 heterocycles. The Morgan fingerprint density at radius 1 is 1.36 bits per heavy atom. The number of rotatable bonds is 9. The second kappa shape index (κ2) is 12.6. The summed E-state index contributed by atoms with van der Waals surface area (Å²) in [4.78, 5) is 10.6. The number of guanidine groups is 1. The minimum absolute atomic E-state index is 0. The molecule has 0 bridgehead atoms.